The molecule has 0 heterocycles. The third-order valence-electron chi connectivity index (χ3n) is 5.95. The molecule has 0 saturated carbocycles. The standard InChI is InChI=1S/C27H24F2N2O5/c1-14(16-10-17(28)12-18(29)11-16)30-23(15-4-7-20(35-2)8-5-15)21-13-19(6-9-22(21)36-3)31-24-25(32)27(34)26(24)33/h4-14,23,30-32H,1-3H3. The second-order valence-electron chi connectivity index (χ2n) is 8.26. The van der Waals surface area contributed by atoms with Crippen molar-refractivity contribution in [3.63, 3.8) is 0 Å². The Morgan fingerprint density at radius 3 is 2.08 bits per heavy atom. The Balaban J connectivity index is 1.77. The Morgan fingerprint density at radius 1 is 0.833 bits per heavy atom. The molecule has 2 atom stereocenters. The van der Waals surface area contributed by atoms with Crippen molar-refractivity contribution in [2.45, 2.75) is 19.0 Å². The minimum atomic E-state index is -0.944. The van der Waals surface area contributed by atoms with Crippen molar-refractivity contribution in [3.8, 4) is 17.2 Å². The van der Waals surface area contributed by atoms with Crippen LogP contribution in [0.4, 0.5) is 20.2 Å². The van der Waals surface area contributed by atoms with Crippen molar-refractivity contribution in [1.29, 1.82) is 0 Å². The molecular weight excluding hydrogens is 470 g/mol. The second kappa shape index (κ2) is 10.2. The van der Waals surface area contributed by atoms with Crippen molar-refractivity contribution in [3.05, 3.63) is 109 Å². The monoisotopic (exact) mass is 494 g/mol. The molecule has 0 aliphatic rings. The molecule has 3 N–H and O–H groups in total. The summed E-state index contributed by atoms with van der Waals surface area (Å²) in [6.07, 6.45) is 0. The molecule has 2 unspecified atom stereocenters. The van der Waals surface area contributed by atoms with E-state index < -0.39 is 40.3 Å². The van der Waals surface area contributed by atoms with Crippen LogP contribution in [0.3, 0.4) is 0 Å². The fourth-order valence-electron chi connectivity index (χ4n) is 4.01. The average Bonchev–Trinajstić information content (AvgIpc) is 2.89. The van der Waals surface area contributed by atoms with E-state index in [9.17, 15) is 23.5 Å². The van der Waals surface area contributed by atoms with E-state index in [0.29, 0.717) is 28.3 Å². The number of aromatic hydroxyl groups is 1. The Kier molecular flexibility index (Phi) is 7.03. The van der Waals surface area contributed by atoms with Crippen molar-refractivity contribution in [2.24, 2.45) is 0 Å². The van der Waals surface area contributed by atoms with Gasteiger partial charge in [0.15, 0.2) is 5.75 Å². The molecule has 0 bridgehead atoms. The lowest BCUT2D eigenvalue weighted by molar-refractivity contribution is 0.399. The average molecular weight is 494 g/mol. The molecule has 7 nitrogen and oxygen atoms in total. The molecule has 186 valence electrons. The summed E-state index contributed by atoms with van der Waals surface area (Å²) in [5.74, 6) is -0.840. The minimum Gasteiger partial charge on any atom is -0.502 e. The molecule has 4 rings (SSSR count). The van der Waals surface area contributed by atoms with Gasteiger partial charge in [-0.05, 0) is 60.5 Å². The fraction of sp³-hybridized carbons (Fsp3) is 0.185. The van der Waals surface area contributed by atoms with Crippen LogP contribution >= 0.6 is 0 Å². The smallest absolute Gasteiger partial charge is 0.271 e. The Morgan fingerprint density at radius 2 is 1.50 bits per heavy atom. The predicted molar refractivity (Wildman–Crippen MR) is 132 cm³/mol. The van der Waals surface area contributed by atoms with E-state index in [1.54, 1.807) is 44.4 Å². The largest absolute Gasteiger partial charge is 0.502 e. The molecule has 0 amide bonds. The summed E-state index contributed by atoms with van der Waals surface area (Å²) in [7, 11) is 3.06. The molecule has 4 aromatic rings. The Hall–Kier alpha value is -4.24. The third kappa shape index (κ3) is 4.92. The van der Waals surface area contributed by atoms with Gasteiger partial charge < -0.3 is 19.9 Å². The van der Waals surface area contributed by atoms with Crippen LogP contribution in [0, 0.1) is 11.6 Å². The molecule has 0 aromatic heterocycles. The normalized spacial score (nSPS) is 12.8. The van der Waals surface area contributed by atoms with Gasteiger partial charge in [0.25, 0.3) is 10.9 Å². The van der Waals surface area contributed by atoms with Gasteiger partial charge in [0.05, 0.1) is 20.3 Å². The molecule has 0 aliphatic carbocycles. The maximum absolute atomic E-state index is 13.9. The van der Waals surface area contributed by atoms with Crippen LogP contribution in [0.5, 0.6) is 17.2 Å². The van der Waals surface area contributed by atoms with Crippen molar-refractivity contribution < 1.29 is 23.4 Å². The first kappa shape index (κ1) is 24.9. The Bertz CT molecular complexity index is 1440. The van der Waals surface area contributed by atoms with E-state index >= 15 is 0 Å². The maximum Gasteiger partial charge on any atom is 0.271 e. The summed E-state index contributed by atoms with van der Waals surface area (Å²) in [6.45, 7) is 1.78. The summed E-state index contributed by atoms with van der Waals surface area (Å²) in [5.41, 5.74) is 0.331. The minimum absolute atomic E-state index is 0.186. The van der Waals surface area contributed by atoms with E-state index in [0.717, 1.165) is 11.6 Å². The number of hydrogen-bond acceptors (Lipinski definition) is 7. The third-order valence-corrected chi connectivity index (χ3v) is 5.95. The first-order valence-corrected chi connectivity index (χ1v) is 11.0. The summed E-state index contributed by atoms with van der Waals surface area (Å²) < 4.78 is 38.6. The van der Waals surface area contributed by atoms with Gasteiger partial charge in [-0.15, -0.1) is 0 Å². The SMILES string of the molecule is COc1ccc(C(NC(C)c2cc(F)cc(F)c2)c2cc(Nc3c(O)c(=O)c3=O)ccc2OC)cc1. The lowest BCUT2D eigenvalue weighted by Crippen LogP contribution is -2.32. The highest BCUT2D eigenvalue weighted by atomic mass is 19.1. The van der Waals surface area contributed by atoms with Crippen LogP contribution in [0.1, 0.15) is 35.7 Å². The van der Waals surface area contributed by atoms with E-state index in [4.69, 9.17) is 9.47 Å². The number of hydrogen-bond donors (Lipinski definition) is 3. The quantitative estimate of drug-likeness (QED) is 0.296. The molecular formula is C27H24F2N2O5. The van der Waals surface area contributed by atoms with Gasteiger partial charge in [-0.1, -0.05) is 12.1 Å². The highest BCUT2D eigenvalue weighted by Crippen LogP contribution is 2.36. The second-order valence-corrected chi connectivity index (χ2v) is 8.26. The zero-order valence-electron chi connectivity index (χ0n) is 19.8. The lowest BCUT2D eigenvalue weighted by Gasteiger charge is -2.27. The van der Waals surface area contributed by atoms with Gasteiger partial charge >= 0.3 is 0 Å². The topological polar surface area (TPSA) is 96.9 Å². The lowest BCUT2D eigenvalue weighted by atomic mass is 9.95. The predicted octanol–water partition coefficient (Wildman–Crippen LogP) is 4.47. The molecule has 9 heteroatoms. The molecule has 4 aromatic carbocycles. The summed E-state index contributed by atoms with van der Waals surface area (Å²) in [5, 5.41) is 15.9. The van der Waals surface area contributed by atoms with Crippen molar-refractivity contribution in [2.75, 3.05) is 19.5 Å². The number of methoxy groups -OCH3 is 2. The highest BCUT2D eigenvalue weighted by molar-refractivity contribution is 5.70. The molecule has 36 heavy (non-hydrogen) atoms. The van der Waals surface area contributed by atoms with Crippen LogP contribution in [0.25, 0.3) is 0 Å². The summed E-state index contributed by atoms with van der Waals surface area (Å²) >= 11 is 0. The molecule has 0 saturated heterocycles. The van der Waals surface area contributed by atoms with Gasteiger partial charge in [-0.2, -0.15) is 0 Å². The van der Waals surface area contributed by atoms with Crippen LogP contribution in [0.15, 0.2) is 70.3 Å². The number of anilines is 2. The fourth-order valence-corrected chi connectivity index (χ4v) is 4.01. The van der Waals surface area contributed by atoms with E-state index in [-0.39, 0.29) is 5.69 Å². The number of benzene rings is 3. The van der Waals surface area contributed by atoms with Crippen molar-refractivity contribution >= 4 is 11.4 Å². The number of halogens is 2. The molecule has 0 spiro atoms. The number of ether oxygens (including phenoxy) is 2. The van der Waals surface area contributed by atoms with Gasteiger partial charge in [-0.3, -0.25) is 14.9 Å². The number of nitrogens with one attached hydrogen (secondary N) is 2. The van der Waals surface area contributed by atoms with Crippen LogP contribution in [-0.4, -0.2) is 19.3 Å². The van der Waals surface area contributed by atoms with Crippen LogP contribution in [-0.2, 0) is 0 Å². The molecule has 0 fully saturated rings. The van der Waals surface area contributed by atoms with Crippen LogP contribution in [0.2, 0.25) is 0 Å². The van der Waals surface area contributed by atoms with Gasteiger partial charge in [0, 0.05) is 23.4 Å². The van der Waals surface area contributed by atoms with Gasteiger partial charge in [0.1, 0.15) is 28.8 Å². The Labute approximate surface area is 205 Å². The highest BCUT2D eigenvalue weighted by Gasteiger charge is 2.24. The van der Waals surface area contributed by atoms with Crippen LogP contribution < -0.4 is 31.0 Å². The number of rotatable bonds is 9. The van der Waals surface area contributed by atoms with Gasteiger partial charge in [-0.25, -0.2) is 8.78 Å². The zero-order valence-corrected chi connectivity index (χ0v) is 19.8. The van der Waals surface area contributed by atoms with Crippen molar-refractivity contribution in [1.82, 2.24) is 5.32 Å². The van der Waals surface area contributed by atoms with E-state index in [1.807, 2.05) is 12.1 Å². The van der Waals surface area contributed by atoms with E-state index in [2.05, 4.69) is 10.6 Å². The molecule has 0 aliphatic heterocycles. The summed E-state index contributed by atoms with van der Waals surface area (Å²) in [6, 6.07) is 14.6. The molecule has 0 radical (unpaired) electrons. The van der Waals surface area contributed by atoms with Gasteiger partial charge in [0.2, 0.25) is 0 Å². The van der Waals surface area contributed by atoms with E-state index in [1.165, 1.54) is 19.2 Å². The first-order chi connectivity index (χ1) is 17.2. The first-order valence-electron chi connectivity index (χ1n) is 11.0. The maximum atomic E-state index is 13.9. The summed E-state index contributed by atoms with van der Waals surface area (Å²) in [4.78, 5) is 23.2. The zero-order chi connectivity index (χ0) is 26.0.